The second-order valence-electron chi connectivity index (χ2n) is 5.47. The summed E-state index contributed by atoms with van der Waals surface area (Å²) in [5.74, 6) is -1.15. The molecule has 0 bridgehead atoms. The normalized spacial score (nSPS) is 12.6. The minimum Gasteiger partial charge on any atom is -0.481 e. The molecule has 1 amide bonds. The molecule has 1 aromatic rings. The van der Waals surface area contributed by atoms with Crippen LogP contribution in [0.5, 0.6) is 0 Å². The SMILES string of the molecule is CC(C)(C)OC(=O)Nc1cc(Cl)ccc1[C@@H](O)CC(=O)O. The molecule has 0 aliphatic carbocycles. The number of aliphatic hydroxyl groups is 1. The molecule has 0 saturated heterocycles. The van der Waals surface area contributed by atoms with Gasteiger partial charge in [-0.25, -0.2) is 4.79 Å². The quantitative estimate of drug-likeness (QED) is 0.793. The number of aliphatic hydroxyl groups excluding tert-OH is 1. The fourth-order valence-electron chi connectivity index (χ4n) is 1.62. The average molecular weight is 316 g/mol. The van der Waals surface area contributed by atoms with Gasteiger partial charge < -0.3 is 14.9 Å². The van der Waals surface area contributed by atoms with Gasteiger partial charge >= 0.3 is 12.1 Å². The van der Waals surface area contributed by atoms with Crippen molar-refractivity contribution in [1.82, 2.24) is 0 Å². The maximum absolute atomic E-state index is 11.8. The summed E-state index contributed by atoms with van der Waals surface area (Å²) < 4.78 is 5.11. The monoisotopic (exact) mass is 315 g/mol. The average Bonchev–Trinajstić information content (AvgIpc) is 2.24. The van der Waals surface area contributed by atoms with Crippen molar-refractivity contribution in [2.24, 2.45) is 0 Å². The van der Waals surface area contributed by atoms with Gasteiger partial charge in [0.2, 0.25) is 0 Å². The molecule has 7 heteroatoms. The lowest BCUT2D eigenvalue weighted by Gasteiger charge is -2.21. The van der Waals surface area contributed by atoms with Crippen LogP contribution in [0.3, 0.4) is 0 Å². The number of halogens is 1. The van der Waals surface area contributed by atoms with E-state index in [-0.39, 0.29) is 11.3 Å². The second-order valence-corrected chi connectivity index (χ2v) is 5.91. The highest BCUT2D eigenvalue weighted by atomic mass is 35.5. The van der Waals surface area contributed by atoms with Crippen LogP contribution in [0, 0.1) is 0 Å². The molecule has 21 heavy (non-hydrogen) atoms. The Bertz CT molecular complexity index is 539. The van der Waals surface area contributed by atoms with Gasteiger partial charge in [-0.2, -0.15) is 0 Å². The van der Waals surface area contributed by atoms with Crippen molar-refractivity contribution in [3.8, 4) is 0 Å². The molecule has 0 aliphatic rings. The summed E-state index contributed by atoms with van der Waals surface area (Å²) in [6, 6.07) is 4.39. The summed E-state index contributed by atoms with van der Waals surface area (Å²) in [6.45, 7) is 5.14. The van der Waals surface area contributed by atoms with Crippen LogP contribution in [-0.2, 0) is 9.53 Å². The lowest BCUT2D eigenvalue weighted by molar-refractivity contribution is -0.139. The second kappa shape index (κ2) is 6.78. The zero-order valence-electron chi connectivity index (χ0n) is 12.0. The molecule has 1 aromatic carbocycles. The summed E-state index contributed by atoms with van der Waals surface area (Å²) >= 11 is 5.85. The van der Waals surface area contributed by atoms with Crippen LogP contribution in [0.2, 0.25) is 5.02 Å². The molecule has 3 N–H and O–H groups in total. The van der Waals surface area contributed by atoms with Crippen molar-refractivity contribution in [3.05, 3.63) is 28.8 Å². The Balaban J connectivity index is 2.97. The van der Waals surface area contributed by atoms with Gasteiger partial charge in [0.05, 0.1) is 18.2 Å². The first-order chi connectivity index (χ1) is 9.58. The molecular weight excluding hydrogens is 298 g/mol. The van der Waals surface area contributed by atoms with Gasteiger partial charge in [0.15, 0.2) is 0 Å². The minimum atomic E-state index is -1.26. The summed E-state index contributed by atoms with van der Waals surface area (Å²) in [5, 5.41) is 21.4. The molecule has 0 saturated carbocycles. The molecule has 0 aromatic heterocycles. The number of aliphatic carboxylic acids is 1. The van der Waals surface area contributed by atoms with E-state index in [2.05, 4.69) is 5.32 Å². The van der Waals surface area contributed by atoms with Gasteiger partial charge in [-0.15, -0.1) is 0 Å². The van der Waals surface area contributed by atoms with Crippen LogP contribution < -0.4 is 5.32 Å². The van der Waals surface area contributed by atoms with Gasteiger partial charge in [-0.3, -0.25) is 10.1 Å². The molecule has 0 heterocycles. The number of carboxylic acid groups (broad SMARTS) is 1. The number of benzene rings is 1. The summed E-state index contributed by atoms with van der Waals surface area (Å²) in [4.78, 5) is 22.4. The van der Waals surface area contributed by atoms with Crippen LogP contribution >= 0.6 is 11.6 Å². The number of nitrogens with one attached hydrogen (secondary N) is 1. The fraction of sp³-hybridized carbons (Fsp3) is 0.429. The molecule has 0 unspecified atom stereocenters. The highest BCUT2D eigenvalue weighted by Gasteiger charge is 2.20. The first kappa shape index (κ1) is 17.3. The summed E-state index contributed by atoms with van der Waals surface area (Å²) in [7, 11) is 0. The number of ether oxygens (including phenoxy) is 1. The molecule has 0 spiro atoms. The Hall–Kier alpha value is -1.79. The fourth-order valence-corrected chi connectivity index (χ4v) is 1.79. The van der Waals surface area contributed by atoms with E-state index in [9.17, 15) is 14.7 Å². The topological polar surface area (TPSA) is 95.9 Å². The van der Waals surface area contributed by atoms with Crippen LogP contribution in [0.4, 0.5) is 10.5 Å². The standard InChI is InChI=1S/C14H18ClNO5/c1-14(2,3)21-13(20)16-10-6-8(15)4-5-9(10)11(17)7-12(18)19/h4-6,11,17H,7H2,1-3H3,(H,16,20)(H,18,19)/t11-/m0/s1. The van der Waals surface area contributed by atoms with Gasteiger partial charge in [0.1, 0.15) is 5.60 Å². The third-order valence-corrected chi connectivity index (χ3v) is 2.61. The van der Waals surface area contributed by atoms with E-state index >= 15 is 0 Å². The highest BCUT2D eigenvalue weighted by molar-refractivity contribution is 6.31. The molecule has 116 valence electrons. The Kier molecular flexibility index (Phi) is 5.57. The number of carboxylic acids is 1. The molecule has 6 nitrogen and oxygen atoms in total. The maximum Gasteiger partial charge on any atom is 0.412 e. The smallest absolute Gasteiger partial charge is 0.412 e. The number of hydrogen-bond donors (Lipinski definition) is 3. The van der Waals surface area contributed by atoms with E-state index < -0.39 is 30.2 Å². The number of hydrogen-bond acceptors (Lipinski definition) is 4. The zero-order chi connectivity index (χ0) is 16.2. The van der Waals surface area contributed by atoms with Crippen LogP contribution in [0.1, 0.15) is 38.9 Å². The van der Waals surface area contributed by atoms with Gasteiger partial charge in [0.25, 0.3) is 0 Å². The highest BCUT2D eigenvalue weighted by Crippen LogP contribution is 2.28. The Morgan fingerprint density at radius 2 is 2.00 bits per heavy atom. The molecule has 1 atom stereocenters. The molecule has 0 radical (unpaired) electrons. The first-order valence-corrected chi connectivity index (χ1v) is 6.65. The molecule has 0 fully saturated rings. The van der Waals surface area contributed by atoms with E-state index in [0.717, 1.165) is 0 Å². The van der Waals surface area contributed by atoms with Gasteiger partial charge in [0, 0.05) is 10.6 Å². The Labute approximate surface area is 127 Å². The number of carbonyl (C=O) groups excluding carboxylic acids is 1. The van der Waals surface area contributed by atoms with E-state index in [0.29, 0.717) is 5.02 Å². The molecule has 1 rings (SSSR count). The van der Waals surface area contributed by atoms with Crippen molar-refractivity contribution in [3.63, 3.8) is 0 Å². The van der Waals surface area contributed by atoms with Crippen LogP contribution in [0.15, 0.2) is 18.2 Å². The summed E-state index contributed by atoms with van der Waals surface area (Å²) in [5.41, 5.74) is -0.208. The first-order valence-electron chi connectivity index (χ1n) is 6.28. The van der Waals surface area contributed by atoms with Crippen molar-refractivity contribution in [1.29, 1.82) is 0 Å². The van der Waals surface area contributed by atoms with E-state index in [4.69, 9.17) is 21.4 Å². The maximum atomic E-state index is 11.8. The number of amides is 1. The van der Waals surface area contributed by atoms with E-state index in [1.165, 1.54) is 18.2 Å². The van der Waals surface area contributed by atoms with E-state index in [1.54, 1.807) is 20.8 Å². The Morgan fingerprint density at radius 1 is 1.38 bits per heavy atom. The molecule has 0 aliphatic heterocycles. The van der Waals surface area contributed by atoms with Gasteiger partial charge in [-0.1, -0.05) is 17.7 Å². The third-order valence-electron chi connectivity index (χ3n) is 2.38. The van der Waals surface area contributed by atoms with Crippen LogP contribution in [-0.4, -0.2) is 27.9 Å². The lowest BCUT2D eigenvalue weighted by atomic mass is 10.0. The van der Waals surface area contributed by atoms with E-state index in [1.807, 2.05) is 0 Å². The van der Waals surface area contributed by atoms with Crippen molar-refractivity contribution in [2.45, 2.75) is 38.9 Å². The third kappa shape index (κ3) is 6.01. The van der Waals surface area contributed by atoms with Crippen LogP contribution in [0.25, 0.3) is 0 Å². The predicted molar refractivity (Wildman–Crippen MR) is 78.5 cm³/mol. The minimum absolute atomic E-state index is 0.213. The Morgan fingerprint density at radius 3 is 2.52 bits per heavy atom. The van der Waals surface area contributed by atoms with Gasteiger partial charge in [-0.05, 0) is 32.9 Å². The lowest BCUT2D eigenvalue weighted by Crippen LogP contribution is -2.27. The van der Waals surface area contributed by atoms with Crippen molar-refractivity contribution in [2.75, 3.05) is 5.32 Å². The zero-order valence-corrected chi connectivity index (χ0v) is 12.8. The number of anilines is 1. The number of carbonyl (C=O) groups is 2. The predicted octanol–water partition coefficient (Wildman–Crippen LogP) is 3.20. The van der Waals surface area contributed by atoms with Crippen molar-refractivity contribution >= 4 is 29.4 Å². The summed E-state index contributed by atoms with van der Waals surface area (Å²) in [6.07, 6.45) is -2.46. The van der Waals surface area contributed by atoms with Crippen molar-refractivity contribution < 1.29 is 24.5 Å². The number of rotatable bonds is 4. The largest absolute Gasteiger partial charge is 0.481 e. The molecular formula is C14H18ClNO5.